The average Bonchev–Trinajstić information content (AvgIpc) is 4.20. The summed E-state index contributed by atoms with van der Waals surface area (Å²) in [5.41, 5.74) is 19.6. The van der Waals surface area contributed by atoms with Crippen molar-refractivity contribution in [3.63, 3.8) is 0 Å². The molecule has 2 heterocycles. The van der Waals surface area contributed by atoms with Crippen LogP contribution >= 0.6 is 0 Å². The Kier molecular flexibility index (Phi) is 12.4. The Morgan fingerprint density at radius 2 is 0.986 bits per heavy atom. The zero-order valence-electron chi connectivity index (χ0n) is 40.3. The van der Waals surface area contributed by atoms with Gasteiger partial charge in [-0.1, -0.05) is 27.7 Å². The van der Waals surface area contributed by atoms with Gasteiger partial charge in [-0.2, -0.15) is 18.6 Å². The second-order valence-corrected chi connectivity index (χ2v) is 23.8. The molecule has 4 aromatic rings. The number of nitrogens with two attached hydrogens (primary N) is 2. The van der Waals surface area contributed by atoms with Crippen LogP contribution in [0.15, 0.2) is 36.4 Å². The van der Waals surface area contributed by atoms with Gasteiger partial charge in [0.1, 0.15) is 0 Å². The van der Waals surface area contributed by atoms with E-state index in [-0.39, 0.29) is 34.5 Å². The molecule has 4 saturated carbocycles. The molecular formula is C52H66N8O8S. The standard InChI is InChI=1S/C52H66N8O8S/c1-51(2)25-43-47(45(61)27-51)41(21-29-5-6-29)57-59(43)33-13-19-37(49(53)63)39(23-33)55-31-9-15-35(16-10-31)67-69(65,66)68-36-17-11-32(12-18-36)56-40-24-34(14-20-38(40)50(54)64)60-44-26-52(3,4)28-46(62)48(44)42(58-60)22-30-7-8-30/h13-14,19-20,23-24,29-32,35-36,55-56H,5-12,15-18,21-22,25-28H2,1-4H3,(H2,53,63)(H2,54,64)/t31-,32-,35-,36-. The molecule has 2 aromatic heterocycles. The van der Waals surface area contributed by atoms with E-state index < -0.39 is 34.4 Å². The van der Waals surface area contributed by atoms with Gasteiger partial charge in [0.05, 0.1) is 68.6 Å². The number of ketones is 2. The number of hydrogen-bond acceptors (Lipinski definition) is 12. The molecule has 69 heavy (non-hydrogen) atoms. The molecule has 0 atom stereocenters. The fourth-order valence-electron chi connectivity index (χ4n) is 11.4. The number of carbonyl (C=O) groups is 4. The third kappa shape index (κ3) is 10.4. The highest BCUT2D eigenvalue weighted by atomic mass is 32.3. The quantitative estimate of drug-likeness (QED) is 0.0840. The van der Waals surface area contributed by atoms with Gasteiger partial charge in [0.2, 0.25) is 0 Å². The lowest BCUT2D eigenvalue weighted by Gasteiger charge is -2.32. The van der Waals surface area contributed by atoms with Crippen LogP contribution in [0, 0.1) is 22.7 Å². The van der Waals surface area contributed by atoms with Crippen LogP contribution in [0.3, 0.4) is 0 Å². The van der Waals surface area contributed by atoms with E-state index in [0.717, 1.165) is 83.8 Å². The predicted molar refractivity (Wildman–Crippen MR) is 260 cm³/mol. The number of amides is 2. The first-order valence-corrected chi connectivity index (χ1v) is 26.4. The van der Waals surface area contributed by atoms with Crippen molar-refractivity contribution in [1.82, 2.24) is 19.6 Å². The van der Waals surface area contributed by atoms with E-state index in [4.69, 9.17) is 30.0 Å². The van der Waals surface area contributed by atoms with Crippen molar-refractivity contribution in [2.75, 3.05) is 10.6 Å². The Hall–Kier alpha value is -5.39. The minimum absolute atomic E-state index is 0.0797. The van der Waals surface area contributed by atoms with Gasteiger partial charge in [-0.25, -0.2) is 17.7 Å². The van der Waals surface area contributed by atoms with Crippen LogP contribution in [0.4, 0.5) is 11.4 Å². The summed E-state index contributed by atoms with van der Waals surface area (Å²) in [6.45, 7) is 8.41. The summed E-state index contributed by atoms with van der Waals surface area (Å²) in [7, 11) is -4.32. The first-order valence-electron chi connectivity index (χ1n) is 25.1. The molecule has 0 aliphatic heterocycles. The van der Waals surface area contributed by atoms with E-state index in [2.05, 4.69) is 38.3 Å². The van der Waals surface area contributed by atoms with Gasteiger partial charge in [-0.05, 0) is 162 Å². The lowest BCUT2D eigenvalue weighted by atomic mass is 9.75. The van der Waals surface area contributed by atoms with Gasteiger partial charge in [0.15, 0.2) is 11.6 Å². The van der Waals surface area contributed by atoms with Crippen LogP contribution < -0.4 is 22.1 Å². The Bertz CT molecular complexity index is 2640. The van der Waals surface area contributed by atoms with Crippen LogP contribution in [0.2, 0.25) is 0 Å². The second kappa shape index (κ2) is 18.1. The number of nitrogens with zero attached hydrogens (tertiary/aromatic N) is 4. The van der Waals surface area contributed by atoms with Crippen molar-refractivity contribution in [2.24, 2.45) is 34.1 Å². The number of benzene rings is 2. The highest BCUT2D eigenvalue weighted by Gasteiger charge is 2.40. The smallest absolute Gasteiger partial charge is 0.382 e. The number of rotatable bonds is 16. The maximum absolute atomic E-state index is 13.5. The van der Waals surface area contributed by atoms with Crippen molar-refractivity contribution in [3.05, 3.63) is 81.4 Å². The number of hydrogen-bond donors (Lipinski definition) is 4. The molecule has 0 spiro atoms. The van der Waals surface area contributed by atoms with Crippen molar-refractivity contribution in [1.29, 1.82) is 0 Å². The molecule has 17 heteroatoms. The molecule has 0 radical (unpaired) electrons. The topological polar surface area (TPSA) is 233 Å². The number of Topliss-reactive ketones (excluding diaryl/α,β-unsaturated/α-hetero) is 2. The summed E-state index contributed by atoms with van der Waals surface area (Å²) in [6.07, 6.45) is 11.6. The molecule has 2 amide bonds. The van der Waals surface area contributed by atoms with Crippen molar-refractivity contribution in [3.8, 4) is 11.4 Å². The molecule has 6 N–H and O–H groups in total. The SMILES string of the molecule is CC1(C)CC(=O)c2c(CC3CC3)nn(-c3ccc(C(N)=O)c(N[C@H]4CC[C@H](OS(=O)(=O)O[C@H]5CC[C@H](Nc6cc(-n7nc(CC8CC8)c8c7CC(C)(C)CC8=O)ccc6C(N)=O)CC5)CC4)c3)c2C1. The minimum Gasteiger partial charge on any atom is -0.382 e. The highest BCUT2D eigenvalue weighted by Crippen LogP contribution is 2.43. The van der Waals surface area contributed by atoms with Crippen molar-refractivity contribution in [2.45, 2.75) is 168 Å². The van der Waals surface area contributed by atoms with Crippen LogP contribution in [0.5, 0.6) is 0 Å². The van der Waals surface area contributed by atoms with E-state index in [1.165, 1.54) is 0 Å². The van der Waals surface area contributed by atoms with Gasteiger partial charge in [-0.15, -0.1) is 0 Å². The number of fused-ring (bicyclic) bond motifs is 2. The fraction of sp³-hybridized carbons (Fsp3) is 0.577. The summed E-state index contributed by atoms with van der Waals surface area (Å²) < 4.78 is 41.7. The van der Waals surface area contributed by atoms with Crippen molar-refractivity contribution >= 4 is 45.2 Å². The summed E-state index contributed by atoms with van der Waals surface area (Å²) >= 11 is 0. The zero-order valence-corrected chi connectivity index (χ0v) is 41.1. The molecule has 0 bridgehead atoms. The zero-order chi connectivity index (χ0) is 48.6. The third-order valence-corrected chi connectivity index (χ3v) is 16.2. The van der Waals surface area contributed by atoms with E-state index in [0.29, 0.717) is 111 Å². The second-order valence-electron chi connectivity index (χ2n) is 22.6. The third-order valence-electron chi connectivity index (χ3n) is 15.2. The molecule has 0 unspecified atom stereocenters. The van der Waals surface area contributed by atoms with E-state index in [1.807, 2.05) is 33.6 Å². The maximum Gasteiger partial charge on any atom is 0.400 e. The van der Waals surface area contributed by atoms with Gasteiger partial charge in [0, 0.05) is 36.3 Å². The normalized spacial score (nSPS) is 24.3. The van der Waals surface area contributed by atoms with Crippen LogP contribution in [0.1, 0.15) is 182 Å². The van der Waals surface area contributed by atoms with Gasteiger partial charge >= 0.3 is 10.4 Å². The fourth-order valence-corrected chi connectivity index (χ4v) is 12.5. The molecule has 6 aliphatic carbocycles. The summed E-state index contributed by atoms with van der Waals surface area (Å²) in [5, 5.41) is 17.1. The molecule has 6 aliphatic rings. The van der Waals surface area contributed by atoms with Gasteiger partial charge < -0.3 is 22.1 Å². The summed E-state index contributed by atoms with van der Waals surface area (Å²) in [4.78, 5) is 52.2. The number of aromatic nitrogens is 4. The molecule has 368 valence electrons. The lowest BCUT2D eigenvalue weighted by Crippen LogP contribution is -2.35. The van der Waals surface area contributed by atoms with Gasteiger partial charge in [0.25, 0.3) is 11.8 Å². The lowest BCUT2D eigenvalue weighted by molar-refractivity contribution is 0.0847. The maximum atomic E-state index is 13.5. The average molecular weight is 963 g/mol. The first kappa shape index (κ1) is 47.3. The number of carbonyl (C=O) groups excluding carboxylic acids is 4. The van der Waals surface area contributed by atoms with E-state index >= 15 is 0 Å². The molecule has 4 fully saturated rings. The number of nitrogens with one attached hydrogen (secondary N) is 2. The minimum atomic E-state index is -4.32. The molecule has 10 rings (SSSR count). The van der Waals surface area contributed by atoms with Crippen LogP contribution in [-0.2, 0) is 44.4 Å². The summed E-state index contributed by atoms with van der Waals surface area (Å²) in [6, 6.07) is 10.6. The van der Waals surface area contributed by atoms with Crippen LogP contribution in [-0.4, -0.2) is 75.7 Å². The highest BCUT2D eigenvalue weighted by molar-refractivity contribution is 7.81. The molecule has 16 nitrogen and oxygen atoms in total. The molecule has 2 aromatic carbocycles. The predicted octanol–water partition coefficient (Wildman–Crippen LogP) is 7.90. The largest absolute Gasteiger partial charge is 0.400 e. The van der Waals surface area contributed by atoms with E-state index in [9.17, 15) is 27.6 Å². The van der Waals surface area contributed by atoms with E-state index in [1.54, 1.807) is 12.1 Å². The summed E-state index contributed by atoms with van der Waals surface area (Å²) in [5.74, 6) is 0.238. The van der Waals surface area contributed by atoms with Crippen LogP contribution in [0.25, 0.3) is 11.4 Å². The first-order chi connectivity index (χ1) is 32.8. The molecular weight excluding hydrogens is 897 g/mol. The number of anilines is 2. The monoisotopic (exact) mass is 962 g/mol. The molecule has 0 saturated heterocycles. The Morgan fingerprint density at radius 3 is 1.33 bits per heavy atom. The van der Waals surface area contributed by atoms with Gasteiger partial charge in [-0.3, -0.25) is 19.2 Å². The van der Waals surface area contributed by atoms with Crippen molar-refractivity contribution < 1.29 is 36.0 Å². The Labute approximate surface area is 404 Å². The number of primary amides is 2. The Balaban J connectivity index is 0.751. The Morgan fingerprint density at radius 1 is 0.609 bits per heavy atom.